The Kier molecular flexibility index (Phi) is 7.36. The number of rotatable bonds is 8. The summed E-state index contributed by atoms with van der Waals surface area (Å²) in [6.07, 6.45) is 0.650. The van der Waals surface area contributed by atoms with E-state index >= 15 is 0 Å². The van der Waals surface area contributed by atoms with Crippen LogP contribution in [0.15, 0.2) is 54.1 Å². The summed E-state index contributed by atoms with van der Waals surface area (Å²) in [4.78, 5) is 27.3. The largest absolute Gasteiger partial charge is 0.507 e. The molecule has 7 heteroatoms. The molecule has 0 radical (unpaired) electrons. The first-order valence-corrected chi connectivity index (χ1v) is 10.5. The smallest absolute Gasteiger partial charge is 0.295 e. The Morgan fingerprint density at radius 2 is 1.74 bits per heavy atom. The number of ether oxygens (including phenoxy) is 2. The number of nitrogens with zero attached hydrogens (tertiary/aromatic N) is 1. The number of halogens is 1. The zero-order valence-electron chi connectivity index (χ0n) is 17.8. The van der Waals surface area contributed by atoms with Gasteiger partial charge in [-0.3, -0.25) is 9.59 Å². The minimum Gasteiger partial charge on any atom is -0.507 e. The van der Waals surface area contributed by atoms with E-state index in [1.165, 1.54) is 4.90 Å². The van der Waals surface area contributed by atoms with E-state index in [0.29, 0.717) is 41.5 Å². The van der Waals surface area contributed by atoms with Gasteiger partial charge in [0.15, 0.2) is 0 Å². The van der Waals surface area contributed by atoms with Crippen LogP contribution in [0.4, 0.5) is 0 Å². The zero-order valence-corrected chi connectivity index (χ0v) is 18.6. The minimum absolute atomic E-state index is 0.0577. The normalized spacial score (nSPS) is 18.1. The molecule has 2 aromatic rings. The molecular weight excluding hydrogens is 418 g/mol. The maximum absolute atomic E-state index is 13.0. The van der Waals surface area contributed by atoms with Crippen LogP contribution in [0.5, 0.6) is 5.75 Å². The molecule has 3 rings (SSSR count). The molecule has 0 spiro atoms. The summed E-state index contributed by atoms with van der Waals surface area (Å²) in [5.74, 6) is -0.917. The lowest BCUT2D eigenvalue weighted by molar-refractivity contribution is -0.140. The molecule has 31 heavy (non-hydrogen) atoms. The number of carbonyl (C=O) groups is 2. The van der Waals surface area contributed by atoms with Gasteiger partial charge in [-0.25, -0.2) is 0 Å². The predicted octanol–water partition coefficient (Wildman–Crippen LogP) is 4.59. The lowest BCUT2D eigenvalue weighted by atomic mass is 9.95. The van der Waals surface area contributed by atoms with Gasteiger partial charge in [0, 0.05) is 23.7 Å². The maximum Gasteiger partial charge on any atom is 0.295 e. The molecule has 1 amide bonds. The van der Waals surface area contributed by atoms with Crippen molar-refractivity contribution in [3.63, 3.8) is 0 Å². The van der Waals surface area contributed by atoms with Crippen molar-refractivity contribution >= 4 is 29.1 Å². The van der Waals surface area contributed by atoms with Crippen LogP contribution in [0, 0.1) is 0 Å². The topological polar surface area (TPSA) is 76.1 Å². The first kappa shape index (κ1) is 22.8. The second-order valence-electron chi connectivity index (χ2n) is 7.55. The number of hydrogen-bond acceptors (Lipinski definition) is 5. The summed E-state index contributed by atoms with van der Waals surface area (Å²) in [6, 6.07) is 12.9. The number of carbonyl (C=O) groups excluding carboxylic acids is 2. The molecule has 0 bridgehead atoms. The summed E-state index contributed by atoms with van der Waals surface area (Å²) < 4.78 is 10.8. The number of likely N-dealkylation sites (tertiary alicyclic amines) is 1. The number of aliphatic hydroxyl groups excluding tert-OH is 1. The van der Waals surface area contributed by atoms with Gasteiger partial charge in [0.05, 0.1) is 24.8 Å². The van der Waals surface area contributed by atoms with E-state index < -0.39 is 17.7 Å². The van der Waals surface area contributed by atoms with Gasteiger partial charge in [0.1, 0.15) is 11.5 Å². The lowest BCUT2D eigenvalue weighted by Crippen LogP contribution is -2.31. The molecule has 1 aliphatic heterocycles. The Morgan fingerprint density at radius 1 is 1.10 bits per heavy atom. The number of benzene rings is 2. The van der Waals surface area contributed by atoms with Gasteiger partial charge in [0.2, 0.25) is 0 Å². The van der Waals surface area contributed by atoms with Gasteiger partial charge in [-0.2, -0.15) is 0 Å². The van der Waals surface area contributed by atoms with Crippen molar-refractivity contribution < 1.29 is 24.2 Å². The van der Waals surface area contributed by atoms with Gasteiger partial charge in [-0.1, -0.05) is 23.7 Å². The van der Waals surface area contributed by atoms with E-state index in [1.54, 1.807) is 55.6 Å². The van der Waals surface area contributed by atoms with Crippen LogP contribution >= 0.6 is 11.6 Å². The van der Waals surface area contributed by atoms with Crippen molar-refractivity contribution in [1.29, 1.82) is 0 Å². The second-order valence-corrected chi connectivity index (χ2v) is 7.98. The van der Waals surface area contributed by atoms with E-state index in [2.05, 4.69) is 0 Å². The monoisotopic (exact) mass is 443 g/mol. The van der Waals surface area contributed by atoms with Crippen LogP contribution < -0.4 is 4.74 Å². The van der Waals surface area contributed by atoms with Crippen molar-refractivity contribution in [3.8, 4) is 5.75 Å². The van der Waals surface area contributed by atoms with Gasteiger partial charge in [-0.05, 0) is 62.2 Å². The van der Waals surface area contributed by atoms with E-state index in [4.69, 9.17) is 21.1 Å². The molecule has 0 unspecified atom stereocenters. The SMILES string of the molecule is COc1ccc([C@H]2C(=C(O)c3ccc(Cl)cc3)C(=O)C(=O)N2CCCOC(C)C)cc1. The van der Waals surface area contributed by atoms with Crippen molar-refractivity contribution in [1.82, 2.24) is 4.90 Å². The predicted molar refractivity (Wildman–Crippen MR) is 119 cm³/mol. The summed E-state index contributed by atoms with van der Waals surface area (Å²) in [6.45, 7) is 4.67. The first-order valence-electron chi connectivity index (χ1n) is 10.1. The summed E-state index contributed by atoms with van der Waals surface area (Å²) in [5, 5.41) is 11.5. The number of ketones is 1. The third-order valence-electron chi connectivity index (χ3n) is 5.08. The Bertz CT molecular complexity index is 966. The Balaban J connectivity index is 2.02. The molecule has 1 saturated heterocycles. The molecule has 1 heterocycles. The highest BCUT2D eigenvalue weighted by molar-refractivity contribution is 6.46. The fraction of sp³-hybridized carbons (Fsp3) is 0.333. The maximum atomic E-state index is 13.0. The highest BCUT2D eigenvalue weighted by Crippen LogP contribution is 2.40. The fourth-order valence-electron chi connectivity index (χ4n) is 3.56. The number of hydrogen-bond donors (Lipinski definition) is 1. The Labute approximate surface area is 187 Å². The molecular formula is C24H26ClNO5. The molecule has 1 aliphatic rings. The minimum atomic E-state index is -0.710. The fourth-order valence-corrected chi connectivity index (χ4v) is 3.69. The highest BCUT2D eigenvalue weighted by atomic mass is 35.5. The zero-order chi connectivity index (χ0) is 22.5. The molecule has 1 N–H and O–H groups in total. The average molecular weight is 444 g/mol. The van der Waals surface area contributed by atoms with E-state index in [9.17, 15) is 14.7 Å². The van der Waals surface area contributed by atoms with Crippen molar-refractivity contribution in [2.75, 3.05) is 20.3 Å². The number of Topliss-reactive ketones (excluding diaryl/α,β-unsaturated/α-hetero) is 1. The number of methoxy groups -OCH3 is 1. The molecule has 0 aromatic heterocycles. The van der Waals surface area contributed by atoms with E-state index in [-0.39, 0.29) is 17.4 Å². The quantitative estimate of drug-likeness (QED) is 0.279. The first-order chi connectivity index (χ1) is 14.8. The lowest BCUT2D eigenvalue weighted by Gasteiger charge is -2.25. The Morgan fingerprint density at radius 3 is 2.32 bits per heavy atom. The van der Waals surface area contributed by atoms with E-state index in [0.717, 1.165) is 0 Å². The van der Waals surface area contributed by atoms with Crippen LogP contribution in [-0.4, -0.2) is 48.1 Å². The number of amides is 1. The van der Waals surface area contributed by atoms with Crippen molar-refractivity contribution in [2.24, 2.45) is 0 Å². The average Bonchev–Trinajstić information content (AvgIpc) is 3.01. The van der Waals surface area contributed by atoms with Crippen LogP contribution in [-0.2, 0) is 14.3 Å². The number of aliphatic hydroxyl groups is 1. The van der Waals surface area contributed by atoms with Gasteiger partial charge >= 0.3 is 0 Å². The third kappa shape index (κ3) is 5.09. The Hall–Kier alpha value is -2.83. The second kappa shape index (κ2) is 9.98. The van der Waals surface area contributed by atoms with Crippen LogP contribution in [0.3, 0.4) is 0 Å². The molecule has 1 atom stereocenters. The van der Waals surface area contributed by atoms with Gasteiger partial charge in [-0.15, -0.1) is 0 Å². The summed E-state index contributed by atoms with van der Waals surface area (Å²) >= 11 is 5.95. The molecule has 1 fully saturated rings. The standard InChI is InChI=1S/C24H26ClNO5/c1-15(2)31-14-4-13-26-21(16-7-11-19(30-3)12-8-16)20(23(28)24(26)29)22(27)17-5-9-18(25)10-6-17/h5-12,15,21,27H,4,13-14H2,1-3H3/t21-/m0/s1. The van der Waals surface area contributed by atoms with Crippen LogP contribution in [0.25, 0.3) is 5.76 Å². The third-order valence-corrected chi connectivity index (χ3v) is 5.34. The summed E-state index contributed by atoms with van der Waals surface area (Å²) in [7, 11) is 1.57. The van der Waals surface area contributed by atoms with Crippen LogP contribution in [0.2, 0.25) is 5.02 Å². The van der Waals surface area contributed by atoms with Crippen molar-refractivity contribution in [3.05, 3.63) is 70.3 Å². The highest BCUT2D eigenvalue weighted by Gasteiger charge is 2.45. The van der Waals surface area contributed by atoms with Gasteiger partial charge in [0.25, 0.3) is 11.7 Å². The molecule has 164 valence electrons. The van der Waals surface area contributed by atoms with Crippen molar-refractivity contribution in [2.45, 2.75) is 32.4 Å². The van der Waals surface area contributed by atoms with Crippen LogP contribution in [0.1, 0.15) is 37.4 Å². The molecule has 2 aromatic carbocycles. The van der Waals surface area contributed by atoms with E-state index in [1.807, 2.05) is 13.8 Å². The molecule has 6 nitrogen and oxygen atoms in total. The summed E-state index contributed by atoms with van der Waals surface area (Å²) in [5.41, 5.74) is 1.19. The van der Waals surface area contributed by atoms with Gasteiger partial charge < -0.3 is 19.5 Å². The molecule has 0 saturated carbocycles. The molecule has 0 aliphatic carbocycles.